The van der Waals surface area contributed by atoms with Crippen LogP contribution in [-0.4, -0.2) is 30.6 Å². The van der Waals surface area contributed by atoms with Crippen molar-refractivity contribution < 1.29 is 0 Å². The van der Waals surface area contributed by atoms with Crippen LogP contribution in [0.5, 0.6) is 0 Å². The van der Waals surface area contributed by atoms with Gasteiger partial charge in [-0.1, -0.05) is 54.4 Å². The van der Waals surface area contributed by atoms with Crippen molar-refractivity contribution in [2.75, 3.05) is 19.6 Å². The third-order valence-corrected chi connectivity index (χ3v) is 3.69. The molecule has 0 amide bonds. The molecule has 0 fully saturated rings. The second kappa shape index (κ2) is 7.29. The first-order chi connectivity index (χ1) is 7.35. The van der Waals surface area contributed by atoms with Crippen LogP contribution >= 0.6 is 0 Å². The van der Waals surface area contributed by atoms with Gasteiger partial charge in [0, 0.05) is 19.1 Å². The second-order valence-electron chi connectivity index (χ2n) is 6.01. The fourth-order valence-corrected chi connectivity index (χ4v) is 1.80. The third-order valence-electron chi connectivity index (χ3n) is 3.69. The highest BCUT2D eigenvalue weighted by Gasteiger charge is 2.23. The lowest BCUT2D eigenvalue weighted by Crippen LogP contribution is -2.46. The van der Waals surface area contributed by atoms with Crippen molar-refractivity contribution in [3.05, 3.63) is 0 Å². The molecule has 0 aliphatic heterocycles. The maximum atomic E-state index is 6.24. The molecule has 0 saturated carbocycles. The molecule has 2 N–H and O–H groups in total. The lowest BCUT2D eigenvalue weighted by Gasteiger charge is -2.33. The Hall–Kier alpha value is -0.0800. The van der Waals surface area contributed by atoms with Crippen molar-refractivity contribution in [1.82, 2.24) is 4.90 Å². The first-order valence-electron chi connectivity index (χ1n) is 6.83. The molecule has 0 spiro atoms. The summed E-state index contributed by atoms with van der Waals surface area (Å²) in [5, 5.41) is 0. The molecule has 0 rings (SSSR count). The quantitative estimate of drug-likeness (QED) is 0.725. The fourth-order valence-electron chi connectivity index (χ4n) is 1.80. The predicted octanol–water partition coefficient (Wildman–Crippen LogP) is 3.12. The van der Waals surface area contributed by atoms with Crippen molar-refractivity contribution in [1.29, 1.82) is 0 Å². The van der Waals surface area contributed by atoms with E-state index in [2.05, 4.69) is 46.4 Å². The Morgan fingerprint density at radius 3 is 1.81 bits per heavy atom. The topological polar surface area (TPSA) is 29.3 Å². The van der Waals surface area contributed by atoms with Crippen molar-refractivity contribution >= 4 is 0 Å². The number of hydrogen-bond acceptors (Lipinski definition) is 2. The van der Waals surface area contributed by atoms with Crippen LogP contribution in [0.1, 0.15) is 54.4 Å². The van der Waals surface area contributed by atoms with Crippen molar-refractivity contribution in [3.63, 3.8) is 0 Å². The molecule has 16 heavy (non-hydrogen) atoms. The Morgan fingerprint density at radius 1 is 1.00 bits per heavy atom. The van der Waals surface area contributed by atoms with Gasteiger partial charge in [0.2, 0.25) is 0 Å². The van der Waals surface area contributed by atoms with E-state index in [1.54, 1.807) is 0 Å². The van der Waals surface area contributed by atoms with E-state index in [4.69, 9.17) is 5.73 Å². The molecule has 0 aromatic carbocycles. The summed E-state index contributed by atoms with van der Waals surface area (Å²) < 4.78 is 0. The van der Waals surface area contributed by atoms with Gasteiger partial charge >= 0.3 is 0 Å². The van der Waals surface area contributed by atoms with Gasteiger partial charge in [-0.05, 0) is 17.9 Å². The summed E-state index contributed by atoms with van der Waals surface area (Å²) in [6, 6.07) is 0.266. The summed E-state index contributed by atoms with van der Waals surface area (Å²) >= 11 is 0. The molecule has 0 aliphatic rings. The van der Waals surface area contributed by atoms with E-state index in [0.717, 1.165) is 19.0 Å². The first kappa shape index (κ1) is 15.9. The van der Waals surface area contributed by atoms with Crippen LogP contribution in [0.3, 0.4) is 0 Å². The normalized spacial score (nSPS) is 14.8. The van der Waals surface area contributed by atoms with E-state index in [9.17, 15) is 0 Å². The number of hydrogen-bond donors (Lipinski definition) is 1. The molecule has 0 radical (unpaired) electrons. The molecule has 2 heteroatoms. The summed E-state index contributed by atoms with van der Waals surface area (Å²) in [5.41, 5.74) is 6.45. The summed E-state index contributed by atoms with van der Waals surface area (Å²) in [6.45, 7) is 16.8. The van der Waals surface area contributed by atoms with Crippen LogP contribution in [0, 0.1) is 11.3 Å². The van der Waals surface area contributed by atoms with Crippen LogP contribution in [-0.2, 0) is 0 Å². The summed E-state index contributed by atoms with van der Waals surface area (Å²) in [4.78, 5) is 2.51. The fraction of sp³-hybridized carbons (Fsp3) is 1.00. The SMILES string of the molecule is CCC(CC)CN(CC)CC(N)C(C)(C)C. The van der Waals surface area contributed by atoms with E-state index < -0.39 is 0 Å². The molecular weight excluding hydrogens is 196 g/mol. The zero-order valence-corrected chi connectivity index (χ0v) is 12.2. The Morgan fingerprint density at radius 2 is 1.50 bits per heavy atom. The number of rotatable bonds is 7. The Balaban J connectivity index is 4.19. The highest BCUT2D eigenvalue weighted by atomic mass is 15.1. The van der Waals surface area contributed by atoms with Crippen molar-refractivity contribution in [2.24, 2.45) is 17.1 Å². The van der Waals surface area contributed by atoms with E-state index in [0.29, 0.717) is 0 Å². The minimum absolute atomic E-state index is 0.210. The van der Waals surface area contributed by atoms with Gasteiger partial charge in [-0.3, -0.25) is 0 Å². The van der Waals surface area contributed by atoms with Crippen LogP contribution < -0.4 is 5.73 Å². The van der Waals surface area contributed by atoms with E-state index in [1.807, 2.05) is 0 Å². The van der Waals surface area contributed by atoms with E-state index in [1.165, 1.54) is 19.4 Å². The highest BCUT2D eigenvalue weighted by Crippen LogP contribution is 2.19. The number of likely N-dealkylation sites (N-methyl/N-ethyl adjacent to an activating group) is 1. The second-order valence-corrected chi connectivity index (χ2v) is 6.01. The van der Waals surface area contributed by atoms with Gasteiger partial charge in [-0.25, -0.2) is 0 Å². The molecule has 0 saturated heterocycles. The van der Waals surface area contributed by atoms with Crippen molar-refractivity contribution in [2.45, 2.75) is 60.4 Å². The maximum absolute atomic E-state index is 6.24. The van der Waals surface area contributed by atoms with Gasteiger partial charge in [-0.2, -0.15) is 0 Å². The standard InChI is InChI=1S/C14H32N2/c1-7-12(8-2)10-16(9-3)11-13(15)14(4,5)6/h12-13H,7-11,15H2,1-6H3. The zero-order valence-electron chi connectivity index (χ0n) is 12.2. The summed E-state index contributed by atoms with van der Waals surface area (Å²) in [5.74, 6) is 0.826. The minimum Gasteiger partial charge on any atom is -0.326 e. The van der Waals surface area contributed by atoms with Crippen LogP contribution in [0.15, 0.2) is 0 Å². The van der Waals surface area contributed by atoms with Gasteiger partial charge in [0.25, 0.3) is 0 Å². The van der Waals surface area contributed by atoms with Gasteiger partial charge in [-0.15, -0.1) is 0 Å². The third kappa shape index (κ3) is 5.86. The van der Waals surface area contributed by atoms with Gasteiger partial charge in [0.1, 0.15) is 0 Å². The highest BCUT2D eigenvalue weighted by molar-refractivity contribution is 4.80. The predicted molar refractivity (Wildman–Crippen MR) is 73.6 cm³/mol. The lowest BCUT2D eigenvalue weighted by atomic mass is 9.87. The molecule has 2 nitrogen and oxygen atoms in total. The summed E-state index contributed by atoms with van der Waals surface area (Å²) in [7, 11) is 0. The first-order valence-corrected chi connectivity index (χ1v) is 6.83. The van der Waals surface area contributed by atoms with Crippen LogP contribution in [0.2, 0.25) is 0 Å². The van der Waals surface area contributed by atoms with Gasteiger partial charge in [0.05, 0.1) is 0 Å². The van der Waals surface area contributed by atoms with Gasteiger partial charge in [0.15, 0.2) is 0 Å². The van der Waals surface area contributed by atoms with Crippen LogP contribution in [0.25, 0.3) is 0 Å². The van der Waals surface area contributed by atoms with E-state index >= 15 is 0 Å². The monoisotopic (exact) mass is 228 g/mol. The lowest BCUT2D eigenvalue weighted by molar-refractivity contribution is 0.179. The van der Waals surface area contributed by atoms with E-state index in [-0.39, 0.29) is 11.5 Å². The van der Waals surface area contributed by atoms with Crippen LogP contribution in [0.4, 0.5) is 0 Å². The molecule has 0 bridgehead atoms. The molecule has 98 valence electrons. The average molecular weight is 228 g/mol. The Labute approximate surface area is 103 Å². The molecule has 0 aliphatic carbocycles. The smallest absolute Gasteiger partial charge is 0.0217 e. The maximum Gasteiger partial charge on any atom is 0.0217 e. The molecule has 1 unspecified atom stereocenters. The minimum atomic E-state index is 0.210. The van der Waals surface area contributed by atoms with Gasteiger partial charge < -0.3 is 10.6 Å². The molecule has 0 aromatic rings. The van der Waals surface area contributed by atoms with Crippen molar-refractivity contribution in [3.8, 4) is 0 Å². The number of nitrogens with zero attached hydrogens (tertiary/aromatic N) is 1. The zero-order chi connectivity index (χ0) is 12.8. The summed E-state index contributed by atoms with van der Waals surface area (Å²) in [6.07, 6.45) is 2.55. The number of nitrogens with two attached hydrogens (primary N) is 1. The largest absolute Gasteiger partial charge is 0.326 e. The molecule has 0 aromatic heterocycles. The molecule has 0 heterocycles. The Kier molecular flexibility index (Phi) is 7.25. The molecular formula is C14H32N2. The molecule has 1 atom stereocenters. The average Bonchev–Trinajstić information content (AvgIpc) is 2.22. The Bertz CT molecular complexity index is 168.